The molecule has 1 fully saturated rings. The Balaban J connectivity index is 1.94. The summed E-state index contributed by atoms with van der Waals surface area (Å²) in [5, 5.41) is 21.8. The minimum atomic E-state index is -0.539. The summed E-state index contributed by atoms with van der Waals surface area (Å²) >= 11 is 6.24. The van der Waals surface area contributed by atoms with Gasteiger partial charge >= 0.3 is 0 Å². The van der Waals surface area contributed by atoms with Crippen molar-refractivity contribution in [2.24, 2.45) is 0 Å². The fourth-order valence-corrected chi connectivity index (χ4v) is 3.62. The van der Waals surface area contributed by atoms with Crippen LogP contribution >= 0.6 is 24.0 Å². The Morgan fingerprint density at radius 2 is 1.65 bits per heavy atom. The highest BCUT2D eigenvalue weighted by Gasteiger charge is 2.34. The van der Waals surface area contributed by atoms with Gasteiger partial charge in [0.15, 0.2) is 4.32 Å². The van der Waals surface area contributed by atoms with Crippen molar-refractivity contribution in [3.63, 3.8) is 0 Å². The summed E-state index contributed by atoms with van der Waals surface area (Å²) in [6.07, 6.45) is 1.42. The summed E-state index contributed by atoms with van der Waals surface area (Å²) in [5.41, 5.74) is 0.466. The van der Waals surface area contributed by atoms with E-state index in [0.29, 0.717) is 11.3 Å². The standard InChI is InChI=1S/C16H9N3O5S2/c20-15-14(9-10-3-1-2-4-13(10)19(23)24)26-16(25)17(15)11-5-7-12(8-6-11)18(21)22/h1-9H/b14-9-. The summed E-state index contributed by atoms with van der Waals surface area (Å²) < 4.78 is 0.244. The number of nitro groups is 2. The maximum atomic E-state index is 12.7. The van der Waals surface area contributed by atoms with Crippen LogP contribution in [-0.2, 0) is 4.79 Å². The fourth-order valence-electron chi connectivity index (χ4n) is 2.33. The molecule has 3 rings (SSSR count). The fraction of sp³-hybridized carbons (Fsp3) is 0. The minimum Gasteiger partial charge on any atom is -0.268 e. The van der Waals surface area contributed by atoms with Crippen LogP contribution in [-0.4, -0.2) is 20.1 Å². The van der Waals surface area contributed by atoms with E-state index >= 15 is 0 Å². The van der Waals surface area contributed by atoms with E-state index < -0.39 is 15.8 Å². The molecule has 1 amide bonds. The predicted octanol–water partition coefficient (Wildman–Crippen LogP) is 3.91. The zero-order chi connectivity index (χ0) is 18.8. The second-order valence-corrected chi connectivity index (χ2v) is 6.78. The number of non-ortho nitro benzene ring substituents is 1. The second-order valence-electron chi connectivity index (χ2n) is 5.11. The summed E-state index contributed by atoms with van der Waals surface area (Å²) in [6, 6.07) is 11.5. The highest BCUT2D eigenvalue weighted by Crippen LogP contribution is 2.37. The van der Waals surface area contributed by atoms with Gasteiger partial charge < -0.3 is 0 Å². The molecule has 0 saturated carbocycles. The minimum absolute atomic E-state index is 0.102. The number of amides is 1. The molecule has 0 spiro atoms. The molecule has 2 aromatic rings. The summed E-state index contributed by atoms with van der Waals surface area (Å²) in [6.45, 7) is 0. The van der Waals surface area contributed by atoms with Gasteiger partial charge in [0, 0.05) is 18.2 Å². The molecule has 0 bridgehead atoms. The summed E-state index contributed by atoms with van der Waals surface area (Å²) in [5.74, 6) is -0.438. The van der Waals surface area contributed by atoms with Gasteiger partial charge in [-0.3, -0.25) is 29.9 Å². The van der Waals surface area contributed by atoms with Gasteiger partial charge in [0.25, 0.3) is 17.3 Å². The van der Waals surface area contributed by atoms with E-state index in [4.69, 9.17) is 12.2 Å². The number of thioether (sulfide) groups is 1. The molecule has 0 aliphatic carbocycles. The second kappa shape index (κ2) is 7.02. The van der Waals surface area contributed by atoms with Gasteiger partial charge in [-0.25, -0.2) is 0 Å². The average molecular weight is 387 g/mol. The van der Waals surface area contributed by atoms with E-state index in [-0.39, 0.29) is 20.6 Å². The van der Waals surface area contributed by atoms with E-state index in [9.17, 15) is 25.0 Å². The van der Waals surface area contributed by atoms with Gasteiger partial charge in [-0.2, -0.15) is 0 Å². The number of hydrogen-bond donors (Lipinski definition) is 0. The van der Waals surface area contributed by atoms with Crippen LogP contribution in [0.5, 0.6) is 0 Å². The number of benzene rings is 2. The monoisotopic (exact) mass is 387 g/mol. The lowest BCUT2D eigenvalue weighted by molar-refractivity contribution is -0.385. The topological polar surface area (TPSA) is 107 Å². The molecule has 10 heteroatoms. The molecule has 1 aliphatic rings. The van der Waals surface area contributed by atoms with Gasteiger partial charge in [-0.05, 0) is 24.3 Å². The summed E-state index contributed by atoms with van der Waals surface area (Å²) in [4.78, 5) is 34.9. The lowest BCUT2D eigenvalue weighted by atomic mass is 10.1. The third-order valence-corrected chi connectivity index (χ3v) is 4.83. The molecular formula is C16H9N3O5S2. The number of para-hydroxylation sites is 1. The molecule has 2 aromatic carbocycles. The van der Waals surface area contributed by atoms with E-state index in [1.165, 1.54) is 53.4 Å². The van der Waals surface area contributed by atoms with Crippen LogP contribution in [0.2, 0.25) is 0 Å². The summed E-state index contributed by atoms with van der Waals surface area (Å²) in [7, 11) is 0. The highest BCUT2D eigenvalue weighted by molar-refractivity contribution is 8.27. The number of anilines is 1. The third kappa shape index (κ3) is 3.32. The number of rotatable bonds is 4. The maximum Gasteiger partial charge on any atom is 0.276 e. The largest absolute Gasteiger partial charge is 0.276 e. The molecule has 0 aromatic heterocycles. The van der Waals surface area contributed by atoms with E-state index in [1.54, 1.807) is 6.07 Å². The van der Waals surface area contributed by atoms with Crippen LogP contribution in [0, 0.1) is 20.2 Å². The lowest BCUT2D eigenvalue weighted by Crippen LogP contribution is -2.27. The highest BCUT2D eigenvalue weighted by atomic mass is 32.2. The molecule has 8 nitrogen and oxygen atoms in total. The number of nitrogens with zero attached hydrogens (tertiary/aromatic N) is 3. The van der Waals surface area contributed by atoms with E-state index in [2.05, 4.69) is 0 Å². The van der Waals surface area contributed by atoms with Gasteiger partial charge in [0.2, 0.25) is 0 Å². The van der Waals surface area contributed by atoms with Gasteiger partial charge in [-0.15, -0.1) is 0 Å². The first-order valence-electron chi connectivity index (χ1n) is 7.14. The Hall–Kier alpha value is -3.11. The van der Waals surface area contributed by atoms with Crippen molar-refractivity contribution >= 4 is 57.3 Å². The Morgan fingerprint density at radius 3 is 2.27 bits per heavy atom. The third-order valence-electron chi connectivity index (χ3n) is 3.53. The first kappa shape index (κ1) is 17.7. The molecule has 1 heterocycles. The van der Waals surface area contributed by atoms with Crippen LogP contribution < -0.4 is 4.90 Å². The smallest absolute Gasteiger partial charge is 0.268 e. The number of hydrogen-bond acceptors (Lipinski definition) is 7. The molecule has 0 atom stereocenters. The van der Waals surface area contributed by atoms with E-state index in [1.807, 2.05) is 0 Å². The zero-order valence-electron chi connectivity index (χ0n) is 12.9. The van der Waals surface area contributed by atoms with Crippen LogP contribution in [0.15, 0.2) is 53.4 Å². The molecule has 130 valence electrons. The normalized spacial score (nSPS) is 15.5. The lowest BCUT2D eigenvalue weighted by Gasteiger charge is -2.13. The van der Waals surface area contributed by atoms with Crippen LogP contribution in [0.25, 0.3) is 6.08 Å². The number of carbonyl (C=O) groups is 1. The van der Waals surface area contributed by atoms with Gasteiger partial charge in [-0.1, -0.05) is 36.1 Å². The van der Waals surface area contributed by atoms with Crippen molar-refractivity contribution in [1.29, 1.82) is 0 Å². The first-order valence-corrected chi connectivity index (χ1v) is 8.37. The Bertz CT molecular complexity index is 972. The Labute approximate surface area is 156 Å². The molecule has 26 heavy (non-hydrogen) atoms. The average Bonchev–Trinajstić information content (AvgIpc) is 2.89. The van der Waals surface area contributed by atoms with Crippen molar-refractivity contribution in [3.8, 4) is 0 Å². The van der Waals surface area contributed by atoms with Crippen molar-refractivity contribution in [2.45, 2.75) is 0 Å². The predicted molar refractivity (Wildman–Crippen MR) is 102 cm³/mol. The van der Waals surface area contributed by atoms with Crippen molar-refractivity contribution < 1.29 is 14.6 Å². The Morgan fingerprint density at radius 1 is 1.00 bits per heavy atom. The van der Waals surface area contributed by atoms with Crippen molar-refractivity contribution in [3.05, 3.63) is 79.2 Å². The molecule has 1 aliphatic heterocycles. The quantitative estimate of drug-likeness (QED) is 0.339. The van der Waals surface area contributed by atoms with Crippen LogP contribution in [0.3, 0.4) is 0 Å². The van der Waals surface area contributed by atoms with Crippen molar-refractivity contribution in [1.82, 2.24) is 0 Å². The van der Waals surface area contributed by atoms with Gasteiger partial charge in [0.1, 0.15) is 0 Å². The molecule has 0 N–H and O–H groups in total. The van der Waals surface area contributed by atoms with Crippen molar-refractivity contribution in [2.75, 3.05) is 4.90 Å². The van der Waals surface area contributed by atoms with Crippen LogP contribution in [0.1, 0.15) is 5.56 Å². The number of thiocarbonyl (C=S) groups is 1. The van der Waals surface area contributed by atoms with Gasteiger partial charge in [0.05, 0.1) is 26.0 Å². The Kier molecular flexibility index (Phi) is 4.78. The zero-order valence-corrected chi connectivity index (χ0v) is 14.5. The molecule has 1 saturated heterocycles. The molecule has 0 radical (unpaired) electrons. The van der Waals surface area contributed by atoms with E-state index in [0.717, 1.165) is 11.8 Å². The molecular weight excluding hydrogens is 378 g/mol. The number of carbonyl (C=O) groups excluding carboxylic acids is 1. The van der Waals surface area contributed by atoms with Crippen LogP contribution in [0.4, 0.5) is 17.1 Å². The molecule has 0 unspecified atom stereocenters. The first-order chi connectivity index (χ1) is 12.4. The number of nitro benzene ring substituents is 2. The SMILES string of the molecule is O=C1/C(=C/c2ccccc2[N+](=O)[O-])SC(=S)N1c1ccc([N+](=O)[O-])cc1. The maximum absolute atomic E-state index is 12.7.